The van der Waals surface area contributed by atoms with E-state index in [9.17, 15) is 4.79 Å². The van der Waals surface area contributed by atoms with Gasteiger partial charge in [0.2, 0.25) is 0 Å². The molecule has 0 aliphatic heterocycles. The van der Waals surface area contributed by atoms with Gasteiger partial charge in [0, 0.05) is 24.6 Å². The summed E-state index contributed by atoms with van der Waals surface area (Å²) >= 11 is 0. The van der Waals surface area contributed by atoms with Crippen LogP contribution in [0.1, 0.15) is 27.5 Å². The van der Waals surface area contributed by atoms with E-state index in [0.717, 1.165) is 17.0 Å². The van der Waals surface area contributed by atoms with Crippen LogP contribution in [-0.4, -0.2) is 20.8 Å². The Labute approximate surface area is 134 Å². The summed E-state index contributed by atoms with van der Waals surface area (Å²) in [7, 11) is 0. The Kier molecular flexibility index (Phi) is 4.47. The Morgan fingerprint density at radius 2 is 2.04 bits per heavy atom. The summed E-state index contributed by atoms with van der Waals surface area (Å²) in [6, 6.07) is 12.9. The zero-order valence-electron chi connectivity index (χ0n) is 12.8. The van der Waals surface area contributed by atoms with Gasteiger partial charge in [-0.05, 0) is 42.8 Å². The zero-order valence-corrected chi connectivity index (χ0v) is 12.8. The molecule has 0 atom stereocenters. The van der Waals surface area contributed by atoms with Crippen LogP contribution in [0, 0.1) is 6.92 Å². The van der Waals surface area contributed by atoms with Crippen LogP contribution in [0.3, 0.4) is 0 Å². The van der Waals surface area contributed by atoms with Crippen LogP contribution < -0.4 is 0 Å². The second-order valence-corrected chi connectivity index (χ2v) is 5.27. The fourth-order valence-electron chi connectivity index (χ4n) is 2.33. The van der Waals surface area contributed by atoms with E-state index in [-0.39, 0.29) is 5.91 Å². The first-order chi connectivity index (χ1) is 11.2. The van der Waals surface area contributed by atoms with Crippen LogP contribution in [0.4, 0.5) is 0 Å². The average Bonchev–Trinajstić information content (AvgIpc) is 3.08. The number of aromatic nitrogens is 2. The Hall–Kier alpha value is -2.95. The molecule has 0 aromatic carbocycles. The molecule has 0 radical (unpaired) electrons. The van der Waals surface area contributed by atoms with Crippen molar-refractivity contribution < 1.29 is 9.21 Å². The average molecular weight is 307 g/mol. The van der Waals surface area contributed by atoms with E-state index < -0.39 is 0 Å². The van der Waals surface area contributed by atoms with E-state index in [0.29, 0.717) is 18.8 Å². The van der Waals surface area contributed by atoms with Gasteiger partial charge in [-0.2, -0.15) is 0 Å². The molecule has 0 fully saturated rings. The first-order valence-corrected chi connectivity index (χ1v) is 7.36. The molecule has 0 aliphatic carbocycles. The summed E-state index contributed by atoms with van der Waals surface area (Å²) in [4.78, 5) is 23.0. The zero-order chi connectivity index (χ0) is 16.1. The van der Waals surface area contributed by atoms with E-state index in [1.54, 1.807) is 29.6 Å². The number of nitrogens with zero attached hydrogens (tertiary/aromatic N) is 3. The van der Waals surface area contributed by atoms with Crippen LogP contribution in [0.15, 0.2) is 65.5 Å². The summed E-state index contributed by atoms with van der Waals surface area (Å²) in [6.07, 6.45) is 5.07. The molecular weight excluding hydrogens is 290 g/mol. The standard InChI is InChI=1S/C18H17N3O2/c1-14-5-2-8-17(20-14)18(22)21(13-16-7-4-10-23-16)12-15-6-3-9-19-11-15/h2-11H,12-13H2,1H3. The lowest BCUT2D eigenvalue weighted by Gasteiger charge is -2.21. The number of hydrogen-bond donors (Lipinski definition) is 0. The summed E-state index contributed by atoms with van der Waals surface area (Å²) < 4.78 is 5.38. The second-order valence-electron chi connectivity index (χ2n) is 5.27. The normalized spacial score (nSPS) is 10.5. The van der Waals surface area contributed by atoms with Crippen molar-refractivity contribution in [3.05, 3.63) is 83.8 Å². The fraction of sp³-hybridized carbons (Fsp3) is 0.167. The van der Waals surface area contributed by atoms with Crippen molar-refractivity contribution in [1.82, 2.24) is 14.9 Å². The third-order valence-corrected chi connectivity index (χ3v) is 3.42. The molecule has 0 aliphatic rings. The molecule has 3 aromatic heterocycles. The Morgan fingerprint density at radius 3 is 2.74 bits per heavy atom. The highest BCUT2D eigenvalue weighted by atomic mass is 16.3. The Bertz CT molecular complexity index is 770. The molecule has 5 heteroatoms. The lowest BCUT2D eigenvalue weighted by atomic mass is 10.2. The number of rotatable bonds is 5. The number of pyridine rings is 2. The van der Waals surface area contributed by atoms with Gasteiger partial charge >= 0.3 is 0 Å². The lowest BCUT2D eigenvalue weighted by molar-refractivity contribution is 0.0711. The predicted octanol–water partition coefficient (Wildman–Crippen LogP) is 3.22. The molecule has 1 amide bonds. The Balaban J connectivity index is 1.86. The number of hydrogen-bond acceptors (Lipinski definition) is 4. The molecule has 0 unspecified atom stereocenters. The quantitative estimate of drug-likeness (QED) is 0.726. The van der Waals surface area contributed by atoms with Gasteiger partial charge in [0.15, 0.2) is 0 Å². The van der Waals surface area contributed by atoms with E-state index in [2.05, 4.69) is 9.97 Å². The molecular formula is C18H17N3O2. The lowest BCUT2D eigenvalue weighted by Crippen LogP contribution is -2.30. The van der Waals surface area contributed by atoms with Crippen molar-refractivity contribution in [1.29, 1.82) is 0 Å². The minimum absolute atomic E-state index is 0.131. The summed E-state index contributed by atoms with van der Waals surface area (Å²) in [5, 5.41) is 0. The first kappa shape index (κ1) is 15.0. The summed E-state index contributed by atoms with van der Waals surface area (Å²) in [6.45, 7) is 2.70. The van der Waals surface area contributed by atoms with Gasteiger partial charge in [-0.15, -0.1) is 0 Å². The van der Waals surface area contributed by atoms with Crippen molar-refractivity contribution >= 4 is 5.91 Å². The van der Waals surface area contributed by atoms with E-state index in [1.165, 1.54) is 0 Å². The minimum Gasteiger partial charge on any atom is -0.467 e. The summed E-state index contributed by atoms with van der Waals surface area (Å²) in [5.41, 5.74) is 2.20. The SMILES string of the molecule is Cc1cccc(C(=O)N(Cc2cccnc2)Cc2ccco2)n1. The highest BCUT2D eigenvalue weighted by Gasteiger charge is 2.19. The third kappa shape index (κ3) is 3.83. The van der Waals surface area contributed by atoms with Gasteiger partial charge in [0.1, 0.15) is 11.5 Å². The number of furan rings is 1. The number of aryl methyl sites for hydroxylation is 1. The Morgan fingerprint density at radius 1 is 1.13 bits per heavy atom. The fourth-order valence-corrected chi connectivity index (χ4v) is 2.33. The van der Waals surface area contributed by atoms with Crippen LogP contribution in [-0.2, 0) is 13.1 Å². The monoisotopic (exact) mass is 307 g/mol. The molecule has 3 aromatic rings. The molecule has 0 N–H and O–H groups in total. The van der Waals surface area contributed by atoms with Crippen LogP contribution >= 0.6 is 0 Å². The molecule has 0 saturated heterocycles. The van der Waals surface area contributed by atoms with E-state index >= 15 is 0 Å². The van der Waals surface area contributed by atoms with Gasteiger partial charge in [-0.1, -0.05) is 12.1 Å². The predicted molar refractivity (Wildman–Crippen MR) is 85.5 cm³/mol. The molecule has 3 rings (SSSR count). The molecule has 0 bridgehead atoms. The van der Waals surface area contributed by atoms with Crippen molar-refractivity contribution in [2.75, 3.05) is 0 Å². The smallest absolute Gasteiger partial charge is 0.273 e. The molecule has 5 nitrogen and oxygen atoms in total. The maximum atomic E-state index is 12.8. The van der Waals surface area contributed by atoms with Crippen molar-refractivity contribution in [2.24, 2.45) is 0 Å². The second kappa shape index (κ2) is 6.87. The topological polar surface area (TPSA) is 59.2 Å². The van der Waals surface area contributed by atoms with Gasteiger partial charge in [-0.3, -0.25) is 9.78 Å². The van der Waals surface area contributed by atoms with Crippen molar-refractivity contribution in [3.63, 3.8) is 0 Å². The van der Waals surface area contributed by atoms with Crippen molar-refractivity contribution in [2.45, 2.75) is 20.0 Å². The highest BCUT2D eigenvalue weighted by Crippen LogP contribution is 2.13. The van der Waals surface area contributed by atoms with Crippen molar-refractivity contribution in [3.8, 4) is 0 Å². The molecule has 0 spiro atoms. The van der Waals surface area contributed by atoms with Gasteiger partial charge in [0.25, 0.3) is 5.91 Å². The number of carbonyl (C=O) groups is 1. The maximum Gasteiger partial charge on any atom is 0.273 e. The van der Waals surface area contributed by atoms with Crippen LogP contribution in [0.5, 0.6) is 0 Å². The maximum absolute atomic E-state index is 12.8. The molecule has 116 valence electrons. The third-order valence-electron chi connectivity index (χ3n) is 3.42. The number of carbonyl (C=O) groups excluding carboxylic acids is 1. The van der Waals surface area contributed by atoms with Gasteiger partial charge < -0.3 is 9.32 Å². The van der Waals surface area contributed by atoms with Gasteiger partial charge in [0.05, 0.1) is 12.8 Å². The molecule has 23 heavy (non-hydrogen) atoms. The van der Waals surface area contributed by atoms with Crippen LogP contribution in [0.2, 0.25) is 0 Å². The first-order valence-electron chi connectivity index (χ1n) is 7.36. The minimum atomic E-state index is -0.131. The van der Waals surface area contributed by atoms with E-state index in [4.69, 9.17) is 4.42 Å². The van der Waals surface area contributed by atoms with E-state index in [1.807, 2.05) is 43.3 Å². The molecule has 3 heterocycles. The van der Waals surface area contributed by atoms with Crippen LogP contribution in [0.25, 0.3) is 0 Å². The number of amides is 1. The summed E-state index contributed by atoms with van der Waals surface area (Å²) in [5.74, 6) is 0.601. The largest absolute Gasteiger partial charge is 0.467 e. The van der Waals surface area contributed by atoms with Gasteiger partial charge in [-0.25, -0.2) is 4.98 Å². The molecule has 0 saturated carbocycles. The highest BCUT2D eigenvalue weighted by molar-refractivity contribution is 5.92.